The van der Waals surface area contributed by atoms with Crippen molar-refractivity contribution >= 4 is 8.69 Å². The van der Waals surface area contributed by atoms with E-state index in [1.165, 1.54) is 6.19 Å². The molecule has 0 bridgehead atoms. The molecule has 34 valence electrons. The van der Waals surface area contributed by atoms with Crippen molar-refractivity contribution in [2.24, 2.45) is 5.73 Å². The van der Waals surface area contributed by atoms with Crippen LogP contribution in [0.5, 0.6) is 0 Å². The molecule has 0 saturated carbocycles. The summed E-state index contributed by atoms with van der Waals surface area (Å²) in [6, 6.07) is 0. The fourth-order valence-electron chi connectivity index (χ4n) is 0. The Balaban J connectivity index is 0. The quantitative estimate of drug-likeness (QED) is 0.244. The molecule has 0 radical (unpaired) electrons. The van der Waals surface area contributed by atoms with Crippen molar-refractivity contribution in [1.82, 2.24) is 0 Å². The highest BCUT2D eigenvalue weighted by molar-refractivity contribution is 7.16. The zero-order valence-electron chi connectivity index (χ0n) is 2.88. The minimum atomic E-state index is -1.17. The van der Waals surface area contributed by atoms with Gasteiger partial charge in [0.05, 0.1) is 0 Å². The highest BCUT2D eigenvalue weighted by Gasteiger charge is 1.45. The van der Waals surface area contributed by atoms with Crippen LogP contribution in [-0.2, 0) is 4.57 Å². The van der Waals surface area contributed by atoms with Gasteiger partial charge in [0.15, 0.2) is 6.19 Å². The molecule has 3 N–H and O–H groups in total. The highest BCUT2D eigenvalue weighted by atomic mass is 31.1. The predicted octanol–water partition coefficient (Wildman–Crippen LogP) is -0.656. The molecule has 0 aromatic carbocycles. The van der Waals surface area contributed by atoms with Crippen LogP contribution in [0.1, 0.15) is 0 Å². The van der Waals surface area contributed by atoms with Crippen LogP contribution < -0.4 is 5.73 Å². The van der Waals surface area contributed by atoms with Gasteiger partial charge in [0.25, 0.3) is 0 Å². The molecule has 1 unspecified atom stereocenters. The van der Waals surface area contributed by atoms with Gasteiger partial charge in [0, 0.05) is 0 Å². The molecule has 0 aliphatic rings. The maximum Gasteiger partial charge on any atom is 0.491 e. The first-order chi connectivity index (χ1) is 2.83. The topological polar surface area (TPSA) is 87.1 Å². The van der Waals surface area contributed by atoms with E-state index >= 15 is 0 Å². The van der Waals surface area contributed by atoms with E-state index in [1.54, 1.807) is 0 Å². The van der Waals surface area contributed by atoms with Gasteiger partial charge in [-0.15, -0.1) is 0 Å². The van der Waals surface area contributed by atoms with Crippen LogP contribution in [0.25, 0.3) is 0 Å². The summed E-state index contributed by atoms with van der Waals surface area (Å²) in [6.45, 7) is 0. The molecule has 0 spiro atoms. The first-order valence-electron chi connectivity index (χ1n) is 0.940. The van der Waals surface area contributed by atoms with Crippen molar-refractivity contribution in [3.8, 4) is 6.19 Å². The van der Waals surface area contributed by atoms with Gasteiger partial charge < -0.3 is 5.73 Å². The molecule has 0 aromatic heterocycles. The summed E-state index contributed by atoms with van der Waals surface area (Å²) in [6.07, 6.45) is 1.25. The van der Waals surface area contributed by atoms with Crippen molar-refractivity contribution in [3.63, 3.8) is 0 Å². The lowest BCUT2D eigenvalue weighted by atomic mass is 11.5. The largest absolute Gasteiger partial charge is 0.491 e. The van der Waals surface area contributed by atoms with Crippen molar-refractivity contribution in [3.05, 3.63) is 0 Å². The molecule has 1 atom stereocenters. The highest BCUT2D eigenvalue weighted by Crippen LogP contribution is 1.66. The van der Waals surface area contributed by atoms with E-state index in [2.05, 4.69) is 5.73 Å². The second-order valence-electron chi connectivity index (χ2n) is 0.220. The van der Waals surface area contributed by atoms with Gasteiger partial charge in [0.2, 0.25) is 0 Å². The predicted molar refractivity (Wildman–Crippen MR) is 21.0 cm³/mol. The Morgan fingerprint density at radius 2 is 2.00 bits per heavy atom. The number of hydrogen-bond donors (Lipinski definition) is 2. The maximum atomic E-state index is 8.51. The second kappa shape index (κ2) is 26.8. The normalized spacial score (nSPS) is 4.67. The molecule has 5 heteroatoms. The molecule has 0 amide bonds. The molecular formula is CH4N2O2P+. The third kappa shape index (κ3) is 43.8. The summed E-state index contributed by atoms with van der Waals surface area (Å²) in [7, 11) is -1.17. The van der Waals surface area contributed by atoms with Crippen LogP contribution in [0.4, 0.5) is 0 Å². The smallest absolute Gasteiger partial charge is 0.337 e. The van der Waals surface area contributed by atoms with Crippen LogP contribution in [0, 0.1) is 11.5 Å². The molecule has 0 aromatic rings. The Labute approximate surface area is 36.5 Å². The first kappa shape index (κ1) is 9.02. The van der Waals surface area contributed by atoms with Gasteiger partial charge in [-0.05, 0) is 4.57 Å². The Morgan fingerprint density at radius 3 is 2.00 bits per heavy atom. The molecule has 6 heavy (non-hydrogen) atoms. The third-order valence-corrected chi connectivity index (χ3v) is 0. The van der Waals surface area contributed by atoms with E-state index in [0.717, 1.165) is 0 Å². The Kier molecular flexibility index (Phi) is 40.3. The molecule has 0 heterocycles. The van der Waals surface area contributed by atoms with Crippen molar-refractivity contribution in [2.75, 3.05) is 0 Å². The van der Waals surface area contributed by atoms with Crippen LogP contribution in [0.3, 0.4) is 0 Å². The van der Waals surface area contributed by atoms with Crippen molar-refractivity contribution in [1.29, 1.82) is 5.26 Å². The lowest BCUT2D eigenvalue weighted by Gasteiger charge is -1.24. The van der Waals surface area contributed by atoms with Crippen molar-refractivity contribution in [2.45, 2.75) is 0 Å². The van der Waals surface area contributed by atoms with E-state index < -0.39 is 8.69 Å². The Morgan fingerprint density at radius 1 is 2.00 bits per heavy atom. The summed E-state index contributed by atoms with van der Waals surface area (Å²) in [5.74, 6) is 0. The number of nitrogens with two attached hydrogens (primary N) is 1. The number of hydrogen-bond acceptors (Lipinski definition) is 3. The molecule has 4 nitrogen and oxygen atoms in total. The summed E-state index contributed by atoms with van der Waals surface area (Å²) >= 11 is 0. The molecule has 0 fully saturated rings. The van der Waals surface area contributed by atoms with E-state index in [0.29, 0.717) is 0 Å². The SMILES string of the molecule is N#CN.O=[PH+]O. The van der Waals surface area contributed by atoms with E-state index in [9.17, 15) is 0 Å². The zero-order chi connectivity index (χ0) is 5.41. The van der Waals surface area contributed by atoms with Gasteiger partial charge >= 0.3 is 8.69 Å². The van der Waals surface area contributed by atoms with E-state index in [4.69, 9.17) is 14.7 Å². The molecule has 0 saturated heterocycles. The first-order valence-corrected chi connectivity index (χ1v) is 1.80. The molecule has 0 aliphatic heterocycles. The van der Waals surface area contributed by atoms with Gasteiger partial charge in [-0.3, -0.25) is 0 Å². The zero-order valence-corrected chi connectivity index (χ0v) is 3.88. The monoisotopic (exact) mass is 107 g/mol. The fourth-order valence-corrected chi connectivity index (χ4v) is 0. The Hall–Kier alpha value is -0.650. The van der Waals surface area contributed by atoms with Crippen LogP contribution in [-0.4, -0.2) is 4.89 Å². The lowest BCUT2D eigenvalue weighted by Crippen LogP contribution is -1.69. The standard InChI is InChI=1S/CH2N2.HO2P/c2-1-3;1-3-2/h2H2;3H/p+1. The van der Waals surface area contributed by atoms with Crippen LogP contribution in [0.15, 0.2) is 0 Å². The summed E-state index contributed by atoms with van der Waals surface area (Å²) < 4.78 is 8.51. The maximum absolute atomic E-state index is 8.51. The number of nitriles is 1. The fraction of sp³-hybridized carbons (Fsp3) is 0. The number of rotatable bonds is 0. The molecular weight excluding hydrogens is 103 g/mol. The average molecular weight is 107 g/mol. The minimum Gasteiger partial charge on any atom is -0.337 e. The van der Waals surface area contributed by atoms with Gasteiger partial charge in [0.1, 0.15) is 0 Å². The average Bonchev–Trinajstić information content (AvgIpc) is 1.39. The summed E-state index contributed by atoms with van der Waals surface area (Å²) in [5.41, 5.74) is 4.15. The van der Waals surface area contributed by atoms with Crippen molar-refractivity contribution < 1.29 is 9.46 Å². The number of nitrogens with zero attached hydrogens (tertiary/aromatic N) is 1. The molecule has 0 aliphatic carbocycles. The molecule has 0 rings (SSSR count). The lowest BCUT2D eigenvalue weighted by molar-refractivity contribution is 0.524. The van der Waals surface area contributed by atoms with Crippen LogP contribution >= 0.6 is 8.69 Å². The van der Waals surface area contributed by atoms with Crippen LogP contribution in [0.2, 0.25) is 0 Å². The summed E-state index contributed by atoms with van der Waals surface area (Å²) in [5, 5.41) is 7.10. The van der Waals surface area contributed by atoms with Gasteiger partial charge in [-0.25, -0.2) is 0 Å². The minimum absolute atomic E-state index is 1.17. The Bertz CT molecular complexity index is 57.1. The van der Waals surface area contributed by atoms with E-state index in [-0.39, 0.29) is 0 Å². The van der Waals surface area contributed by atoms with E-state index in [1.807, 2.05) is 0 Å². The summed E-state index contributed by atoms with van der Waals surface area (Å²) in [4.78, 5) is 7.04. The third-order valence-electron chi connectivity index (χ3n) is 0. The second-order valence-corrected chi connectivity index (χ2v) is 0.403. The van der Waals surface area contributed by atoms with Gasteiger partial charge in [-0.1, -0.05) is 0 Å². The van der Waals surface area contributed by atoms with Gasteiger partial charge in [-0.2, -0.15) is 10.2 Å².